The normalized spacial score (nSPS) is 10.7. The van der Waals surface area contributed by atoms with Crippen LogP contribution in [0.5, 0.6) is 5.75 Å². The van der Waals surface area contributed by atoms with Gasteiger partial charge in [0.05, 0.1) is 0 Å². The predicted octanol–water partition coefficient (Wildman–Crippen LogP) is 5.27. The maximum absolute atomic E-state index is 10.4. The lowest BCUT2D eigenvalue weighted by atomic mass is 9.96. The second kappa shape index (κ2) is 7.83. The minimum Gasteiger partial charge on any atom is -0.507 e. The molecule has 1 N–H and O–H groups in total. The highest BCUT2D eigenvalue weighted by Crippen LogP contribution is 2.26. The first-order valence-electron chi connectivity index (χ1n) is 8.61. The molecule has 1 heteroatoms. The van der Waals surface area contributed by atoms with Crippen molar-refractivity contribution in [2.75, 3.05) is 0 Å². The van der Waals surface area contributed by atoms with Gasteiger partial charge in [0, 0.05) is 0 Å². The number of hydrogen-bond donors (Lipinski definition) is 1. The fourth-order valence-corrected chi connectivity index (χ4v) is 3.13. The molecule has 0 heterocycles. The summed E-state index contributed by atoms with van der Waals surface area (Å²) in [6.07, 6.45) is 3.86. The molecule has 0 aromatic heterocycles. The van der Waals surface area contributed by atoms with Crippen molar-refractivity contribution < 1.29 is 5.11 Å². The van der Waals surface area contributed by atoms with E-state index >= 15 is 0 Å². The molecule has 0 atom stereocenters. The molecule has 3 rings (SSSR count). The first-order valence-corrected chi connectivity index (χ1v) is 8.61. The lowest BCUT2D eigenvalue weighted by Gasteiger charge is -2.11. The first-order chi connectivity index (χ1) is 11.7. The highest BCUT2D eigenvalue weighted by molar-refractivity contribution is 5.43. The SMILES string of the molecule is Cc1cc(CCc2ccccc2)cc(CCc2ccccc2)c1O. The summed E-state index contributed by atoms with van der Waals surface area (Å²) in [5.74, 6) is 0.453. The Kier molecular flexibility index (Phi) is 5.32. The standard InChI is InChI=1S/C23H24O/c1-18-16-21(13-12-19-8-4-2-5-9-19)17-22(23(18)24)15-14-20-10-6-3-7-11-20/h2-11,16-17,24H,12-15H2,1H3. The van der Waals surface area contributed by atoms with E-state index in [0.29, 0.717) is 5.75 Å². The summed E-state index contributed by atoms with van der Waals surface area (Å²) in [7, 11) is 0. The van der Waals surface area contributed by atoms with Crippen LogP contribution in [0.15, 0.2) is 72.8 Å². The average molecular weight is 316 g/mol. The summed E-state index contributed by atoms with van der Waals surface area (Å²) in [5, 5.41) is 10.4. The molecule has 0 saturated carbocycles. The molecule has 0 fully saturated rings. The smallest absolute Gasteiger partial charge is 0.121 e. The molecule has 0 spiro atoms. The van der Waals surface area contributed by atoms with Crippen LogP contribution in [0, 0.1) is 6.92 Å². The van der Waals surface area contributed by atoms with E-state index < -0.39 is 0 Å². The molecule has 0 radical (unpaired) electrons. The molecule has 122 valence electrons. The van der Waals surface area contributed by atoms with E-state index in [9.17, 15) is 5.11 Å². The Bertz CT molecular complexity index is 776. The van der Waals surface area contributed by atoms with E-state index in [1.807, 2.05) is 13.0 Å². The van der Waals surface area contributed by atoms with Crippen molar-refractivity contribution in [1.29, 1.82) is 0 Å². The number of aryl methyl sites for hydroxylation is 5. The van der Waals surface area contributed by atoms with Gasteiger partial charge in [-0.3, -0.25) is 0 Å². The molecule has 0 unspecified atom stereocenters. The molecule has 0 saturated heterocycles. The lowest BCUT2D eigenvalue weighted by molar-refractivity contribution is 0.463. The van der Waals surface area contributed by atoms with E-state index in [1.165, 1.54) is 16.7 Å². The molecule has 0 aliphatic carbocycles. The molecular formula is C23H24O. The molecule has 0 aliphatic rings. The monoisotopic (exact) mass is 316 g/mol. The largest absolute Gasteiger partial charge is 0.507 e. The Morgan fingerprint density at radius 1 is 0.625 bits per heavy atom. The van der Waals surface area contributed by atoms with Crippen molar-refractivity contribution in [3.05, 3.63) is 101 Å². The van der Waals surface area contributed by atoms with Crippen molar-refractivity contribution in [2.24, 2.45) is 0 Å². The van der Waals surface area contributed by atoms with E-state index in [4.69, 9.17) is 0 Å². The Morgan fingerprint density at radius 3 is 1.71 bits per heavy atom. The Balaban J connectivity index is 1.71. The third-order valence-electron chi connectivity index (χ3n) is 4.51. The zero-order valence-electron chi connectivity index (χ0n) is 14.2. The van der Waals surface area contributed by atoms with Gasteiger partial charge in [0.1, 0.15) is 5.75 Å². The van der Waals surface area contributed by atoms with Crippen LogP contribution in [0.4, 0.5) is 0 Å². The van der Waals surface area contributed by atoms with Crippen LogP contribution in [-0.4, -0.2) is 5.11 Å². The van der Waals surface area contributed by atoms with Gasteiger partial charge in [0.2, 0.25) is 0 Å². The van der Waals surface area contributed by atoms with Gasteiger partial charge >= 0.3 is 0 Å². The third-order valence-corrected chi connectivity index (χ3v) is 4.51. The predicted molar refractivity (Wildman–Crippen MR) is 101 cm³/mol. The molecule has 0 aliphatic heterocycles. The van der Waals surface area contributed by atoms with Crippen LogP contribution in [0.1, 0.15) is 27.8 Å². The summed E-state index contributed by atoms with van der Waals surface area (Å²) < 4.78 is 0. The summed E-state index contributed by atoms with van der Waals surface area (Å²) >= 11 is 0. The molecule has 3 aromatic rings. The number of hydrogen-bond acceptors (Lipinski definition) is 1. The van der Waals surface area contributed by atoms with Gasteiger partial charge in [-0.15, -0.1) is 0 Å². The van der Waals surface area contributed by atoms with E-state index in [0.717, 1.165) is 36.8 Å². The van der Waals surface area contributed by atoms with Crippen molar-refractivity contribution in [3.8, 4) is 5.75 Å². The highest BCUT2D eigenvalue weighted by Gasteiger charge is 2.08. The minimum absolute atomic E-state index is 0.453. The number of benzene rings is 3. The summed E-state index contributed by atoms with van der Waals surface area (Å²) in [6, 6.07) is 25.3. The van der Waals surface area contributed by atoms with E-state index in [1.54, 1.807) is 0 Å². The lowest BCUT2D eigenvalue weighted by Crippen LogP contribution is -1.98. The summed E-state index contributed by atoms with van der Waals surface area (Å²) in [4.78, 5) is 0. The maximum Gasteiger partial charge on any atom is 0.121 e. The van der Waals surface area contributed by atoms with Gasteiger partial charge in [-0.2, -0.15) is 0 Å². The zero-order valence-corrected chi connectivity index (χ0v) is 14.2. The van der Waals surface area contributed by atoms with E-state index in [-0.39, 0.29) is 0 Å². The fraction of sp³-hybridized carbons (Fsp3) is 0.217. The molecular weight excluding hydrogens is 292 g/mol. The van der Waals surface area contributed by atoms with Crippen molar-refractivity contribution in [2.45, 2.75) is 32.6 Å². The van der Waals surface area contributed by atoms with Gasteiger partial charge in [0.25, 0.3) is 0 Å². The van der Waals surface area contributed by atoms with Gasteiger partial charge in [-0.1, -0.05) is 72.8 Å². The van der Waals surface area contributed by atoms with Gasteiger partial charge in [0.15, 0.2) is 0 Å². The quantitative estimate of drug-likeness (QED) is 0.656. The number of rotatable bonds is 6. The van der Waals surface area contributed by atoms with Gasteiger partial charge in [-0.05, 0) is 60.4 Å². The summed E-state index contributed by atoms with van der Waals surface area (Å²) in [5.41, 5.74) is 6.00. The van der Waals surface area contributed by atoms with Crippen LogP contribution in [-0.2, 0) is 25.7 Å². The van der Waals surface area contributed by atoms with Crippen molar-refractivity contribution >= 4 is 0 Å². The Morgan fingerprint density at radius 2 is 1.12 bits per heavy atom. The molecule has 0 bridgehead atoms. The van der Waals surface area contributed by atoms with Crippen LogP contribution in [0.2, 0.25) is 0 Å². The Labute approximate surface area is 144 Å². The van der Waals surface area contributed by atoms with Crippen LogP contribution < -0.4 is 0 Å². The molecule has 3 aromatic carbocycles. The molecule has 24 heavy (non-hydrogen) atoms. The summed E-state index contributed by atoms with van der Waals surface area (Å²) in [6.45, 7) is 1.99. The van der Waals surface area contributed by atoms with Crippen LogP contribution >= 0.6 is 0 Å². The Hall–Kier alpha value is -2.54. The molecule has 0 amide bonds. The van der Waals surface area contributed by atoms with Gasteiger partial charge in [-0.25, -0.2) is 0 Å². The zero-order chi connectivity index (χ0) is 16.8. The molecule has 1 nitrogen and oxygen atoms in total. The van der Waals surface area contributed by atoms with Crippen molar-refractivity contribution in [1.82, 2.24) is 0 Å². The third kappa shape index (κ3) is 4.26. The fourth-order valence-electron chi connectivity index (χ4n) is 3.13. The second-order valence-corrected chi connectivity index (χ2v) is 6.39. The van der Waals surface area contributed by atoms with Crippen molar-refractivity contribution in [3.63, 3.8) is 0 Å². The minimum atomic E-state index is 0.453. The second-order valence-electron chi connectivity index (χ2n) is 6.39. The van der Waals surface area contributed by atoms with Gasteiger partial charge < -0.3 is 5.11 Å². The topological polar surface area (TPSA) is 20.2 Å². The average Bonchev–Trinajstić information content (AvgIpc) is 2.63. The number of aromatic hydroxyl groups is 1. The van der Waals surface area contributed by atoms with Crippen LogP contribution in [0.3, 0.4) is 0 Å². The number of phenols is 1. The first kappa shape index (κ1) is 16.3. The number of phenolic OH excluding ortho intramolecular Hbond substituents is 1. The van der Waals surface area contributed by atoms with Crippen LogP contribution in [0.25, 0.3) is 0 Å². The van der Waals surface area contributed by atoms with E-state index in [2.05, 4.69) is 66.7 Å². The highest BCUT2D eigenvalue weighted by atomic mass is 16.3. The maximum atomic E-state index is 10.4.